The van der Waals surface area contributed by atoms with Crippen molar-refractivity contribution in [1.29, 1.82) is 0 Å². The second-order valence-electron chi connectivity index (χ2n) is 3.32. The number of benzene rings is 1. The lowest BCUT2D eigenvalue weighted by Crippen LogP contribution is -2.00. The number of thiazole rings is 1. The van der Waals surface area contributed by atoms with E-state index in [1.54, 1.807) is 0 Å². The highest BCUT2D eigenvalue weighted by Gasteiger charge is 2.15. The summed E-state index contributed by atoms with van der Waals surface area (Å²) in [6, 6.07) is 2.87. The maximum Gasteiger partial charge on any atom is 0.305 e. The van der Waals surface area contributed by atoms with Gasteiger partial charge in [0.05, 0.1) is 17.3 Å². The first kappa shape index (κ1) is 11.5. The number of aromatic hydroxyl groups is 1. The summed E-state index contributed by atoms with van der Waals surface area (Å²) >= 11 is 0.889. The van der Waals surface area contributed by atoms with Crippen molar-refractivity contribution in [2.75, 3.05) is 6.54 Å². The smallest absolute Gasteiger partial charge is 0.305 e. The molecule has 88 valence electrons. The van der Waals surface area contributed by atoms with Crippen LogP contribution in [-0.4, -0.2) is 21.7 Å². The van der Waals surface area contributed by atoms with Crippen molar-refractivity contribution < 1.29 is 10.2 Å². The van der Waals surface area contributed by atoms with Crippen LogP contribution in [-0.2, 0) is 0 Å². The fourth-order valence-corrected chi connectivity index (χ4v) is 2.43. The Morgan fingerprint density at radius 1 is 1.59 bits per heavy atom. The molecule has 0 saturated carbocycles. The second kappa shape index (κ2) is 4.46. The van der Waals surface area contributed by atoms with E-state index in [1.165, 1.54) is 12.1 Å². The van der Waals surface area contributed by atoms with E-state index >= 15 is 0 Å². The fourth-order valence-electron chi connectivity index (χ4n) is 1.51. The Morgan fingerprint density at radius 2 is 2.35 bits per heavy atom. The van der Waals surface area contributed by atoms with Crippen LogP contribution in [0.1, 0.15) is 11.7 Å². The van der Waals surface area contributed by atoms with Crippen molar-refractivity contribution in [2.45, 2.75) is 6.10 Å². The average Bonchev–Trinajstić information content (AvgIpc) is 2.69. The summed E-state index contributed by atoms with van der Waals surface area (Å²) in [6.45, 7) is -0.123. The van der Waals surface area contributed by atoms with Gasteiger partial charge < -0.3 is 15.2 Å². The molecule has 0 amide bonds. The molecular weight excluding hydrogens is 244 g/mol. The van der Waals surface area contributed by atoms with Gasteiger partial charge in [0.25, 0.3) is 0 Å². The third-order valence-electron chi connectivity index (χ3n) is 2.26. The molecule has 0 aliphatic rings. The van der Waals surface area contributed by atoms with Crippen molar-refractivity contribution in [2.24, 2.45) is 5.11 Å². The quantitative estimate of drug-likeness (QED) is 0.437. The Bertz CT molecular complexity index is 656. The van der Waals surface area contributed by atoms with Crippen LogP contribution >= 0.6 is 11.3 Å². The minimum atomic E-state index is -1.000. The summed E-state index contributed by atoms with van der Waals surface area (Å²) in [5.41, 5.74) is 8.92. The molecular formula is C9H8N4O3S. The molecule has 1 aromatic carbocycles. The van der Waals surface area contributed by atoms with Gasteiger partial charge in [0.1, 0.15) is 11.3 Å². The molecule has 1 atom stereocenters. The molecule has 0 fully saturated rings. The Kier molecular flexibility index (Phi) is 3.01. The van der Waals surface area contributed by atoms with E-state index in [0.717, 1.165) is 11.3 Å². The zero-order chi connectivity index (χ0) is 12.4. The maximum absolute atomic E-state index is 11.2. The maximum atomic E-state index is 11.2. The summed E-state index contributed by atoms with van der Waals surface area (Å²) in [5.74, 6) is -0.0573. The number of aliphatic hydroxyl groups excluding tert-OH is 1. The predicted octanol–water partition coefficient (Wildman–Crippen LogP) is 1.64. The van der Waals surface area contributed by atoms with Crippen LogP contribution in [0.15, 0.2) is 22.0 Å². The van der Waals surface area contributed by atoms with Gasteiger partial charge in [-0.2, -0.15) is 0 Å². The number of azide groups is 1. The van der Waals surface area contributed by atoms with Gasteiger partial charge in [0.2, 0.25) is 0 Å². The van der Waals surface area contributed by atoms with Crippen LogP contribution in [0.3, 0.4) is 0 Å². The van der Waals surface area contributed by atoms with Crippen molar-refractivity contribution in [3.8, 4) is 5.75 Å². The van der Waals surface area contributed by atoms with Crippen LogP contribution in [0.5, 0.6) is 5.75 Å². The third kappa shape index (κ3) is 2.09. The van der Waals surface area contributed by atoms with E-state index in [-0.39, 0.29) is 22.7 Å². The monoisotopic (exact) mass is 252 g/mol. The van der Waals surface area contributed by atoms with Gasteiger partial charge in [-0.25, -0.2) is 0 Å². The number of phenols is 1. The molecule has 2 rings (SSSR count). The van der Waals surface area contributed by atoms with Crippen molar-refractivity contribution >= 4 is 21.6 Å². The number of hydrogen-bond acceptors (Lipinski definition) is 5. The number of hydrogen-bond donors (Lipinski definition) is 3. The standard InChI is InChI=1S/C9H8N4O3S/c10-13-11-3-6(15)4-1-2-5(14)7-8(4)17-9(16)12-7/h1-2,6,14-15H,3H2,(H,12,16)/t6-/m0/s1. The number of H-pyrrole nitrogens is 1. The average molecular weight is 252 g/mol. The molecule has 0 bridgehead atoms. The Morgan fingerprint density at radius 3 is 3.06 bits per heavy atom. The predicted molar refractivity (Wildman–Crippen MR) is 63.1 cm³/mol. The molecule has 0 aliphatic heterocycles. The minimum absolute atomic E-state index is 0.0573. The molecule has 0 saturated heterocycles. The zero-order valence-electron chi connectivity index (χ0n) is 8.49. The minimum Gasteiger partial charge on any atom is -0.506 e. The number of phenolic OH excluding ortho intramolecular Hbond substituents is 1. The largest absolute Gasteiger partial charge is 0.506 e. The second-order valence-corrected chi connectivity index (χ2v) is 4.30. The number of nitrogens with zero attached hydrogens (tertiary/aromatic N) is 3. The summed E-state index contributed by atoms with van der Waals surface area (Å²) in [4.78, 5) is 15.9. The summed E-state index contributed by atoms with van der Waals surface area (Å²) in [5, 5.41) is 22.6. The third-order valence-corrected chi connectivity index (χ3v) is 3.20. The van der Waals surface area contributed by atoms with Crippen molar-refractivity contribution in [1.82, 2.24) is 4.98 Å². The molecule has 7 nitrogen and oxygen atoms in total. The van der Waals surface area contributed by atoms with Gasteiger partial charge >= 0.3 is 4.87 Å². The van der Waals surface area contributed by atoms with E-state index < -0.39 is 6.10 Å². The van der Waals surface area contributed by atoms with Gasteiger partial charge in [-0.15, -0.1) is 0 Å². The zero-order valence-corrected chi connectivity index (χ0v) is 9.31. The van der Waals surface area contributed by atoms with Crippen LogP contribution < -0.4 is 4.87 Å². The lowest BCUT2D eigenvalue weighted by molar-refractivity contribution is 0.188. The van der Waals surface area contributed by atoms with Gasteiger partial charge in [-0.05, 0) is 11.6 Å². The lowest BCUT2D eigenvalue weighted by atomic mass is 10.1. The van der Waals surface area contributed by atoms with Crippen LogP contribution in [0, 0.1) is 0 Å². The molecule has 17 heavy (non-hydrogen) atoms. The van der Waals surface area contributed by atoms with Gasteiger partial charge in [-0.3, -0.25) is 4.79 Å². The van der Waals surface area contributed by atoms with E-state index in [0.29, 0.717) is 10.3 Å². The summed E-state index contributed by atoms with van der Waals surface area (Å²) < 4.78 is 0.468. The number of aromatic nitrogens is 1. The van der Waals surface area contributed by atoms with Gasteiger partial charge in [-0.1, -0.05) is 22.5 Å². The highest BCUT2D eigenvalue weighted by atomic mass is 32.1. The molecule has 2 aromatic rings. The number of aliphatic hydroxyl groups is 1. The first-order valence-corrected chi connectivity index (χ1v) is 5.48. The van der Waals surface area contributed by atoms with E-state index in [1.807, 2.05) is 0 Å². The topological polar surface area (TPSA) is 122 Å². The Labute approximate surface area is 98.6 Å². The van der Waals surface area contributed by atoms with E-state index in [2.05, 4.69) is 15.0 Å². The summed E-state index contributed by atoms with van der Waals surface area (Å²) in [6.07, 6.45) is -1.000. The molecule has 0 aliphatic carbocycles. The van der Waals surface area contributed by atoms with Crippen LogP contribution in [0.4, 0.5) is 0 Å². The van der Waals surface area contributed by atoms with Crippen molar-refractivity contribution in [3.05, 3.63) is 37.8 Å². The van der Waals surface area contributed by atoms with E-state index in [4.69, 9.17) is 5.53 Å². The van der Waals surface area contributed by atoms with Gasteiger partial charge in [0, 0.05) is 10.5 Å². The Hall–Kier alpha value is -2.02. The first-order chi connectivity index (χ1) is 8.13. The molecule has 0 radical (unpaired) electrons. The summed E-state index contributed by atoms with van der Waals surface area (Å²) in [7, 11) is 0. The van der Waals surface area contributed by atoms with E-state index in [9.17, 15) is 15.0 Å². The molecule has 0 spiro atoms. The number of fused-ring (bicyclic) bond motifs is 1. The highest BCUT2D eigenvalue weighted by molar-refractivity contribution is 7.16. The Balaban J connectivity index is 2.58. The first-order valence-electron chi connectivity index (χ1n) is 4.67. The van der Waals surface area contributed by atoms with Crippen LogP contribution in [0.2, 0.25) is 0 Å². The van der Waals surface area contributed by atoms with Crippen LogP contribution in [0.25, 0.3) is 20.7 Å². The SMILES string of the molecule is [N-]=[N+]=NC[C@H](O)c1ccc(O)c2[nH]c(=O)sc12. The molecule has 8 heteroatoms. The van der Waals surface area contributed by atoms with Crippen molar-refractivity contribution in [3.63, 3.8) is 0 Å². The normalized spacial score (nSPS) is 12.3. The molecule has 3 N–H and O–H groups in total. The molecule has 1 aromatic heterocycles. The fraction of sp³-hybridized carbons (Fsp3) is 0.222. The number of aromatic amines is 1. The molecule has 1 heterocycles. The van der Waals surface area contributed by atoms with Gasteiger partial charge in [0.15, 0.2) is 0 Å². The lowest BCUT2D eigenvalue weighted by Gasteiger charge is -2.08. The molecule has 0 unspecified atom stereocenters. The number of nitrogens with one attached hydrogen (secondary N) is 1. The number of rotatable bonds is 3. The highest BCUT2D eigenvalue weighted by Crippen LogP contribution is 2.31.